The zero-order valence-electron chi connectivity index (χ0n) is 9.86. The summed E-state index contributed by atoms with van der Waals surface area (Å²) in [6, 6.07) is 13.4. The van der Waals surface area contributed by atoms with Crippen LogP contribution in [0.25, 0.3) is 10.8 Å². The predicted octanol–water partition coefficient (Wildman–Crippen LogP) is 1.58. The van der Waals surface area contributed by atoms with Crippen molar-refractivity contribution in [1.29, 1.82) is 0 Å². The molecule has 0 radical (unpaired) electrons. The van der Waals surface area contributed by atoms with E-state index in [2.05, 4.69) is 16.2 Å². The minimum atomic E-state index is -0.224. The average Bonchev–Trinajstić information content (AvgIpc) is 2.43. The van der Waals surface area contributed by atoms with Crippen LogP contribution in [0.4, 0.5) is 0 Å². The van der Waals surface area contributed by atoms with Gasteiger partial charge in [0.15, 0.2) is 5.11 Å². The summed E-state index contributed by atoms with van der Waals surface area (Å²) in [4.78, 5) is 11.8. The molecule has 5 heteroatoms. The Balaban J connectivity index is 2.15. The Kier molecular flexibility index (Phi) is 3.74. The Hall–Kier alpha value is -2.14. The van der Waals surface area contributed by atoms with Gasteiger partial charge in [0.2, 0.25) is 0 Å². The Morgan fingerprint density at radius 2 is 1.78 bits per heavy atom. The molecule has 0 spiro atoms. The highest BCUT2D eigenvalue weighted by molar-refractivity contribution is 7.80. The van der Waals surface area contributed by atoms with Crippen molar-refractivity contribution in [3.8, 4) is 0 Å². The molecule has 0 atom stereocenters. The molecule has 18 heavy (non-hydrogen) atoms. The maximum atomic E-state index is 11.8. The summed E-state index contributed by atoms with van der Waals surface area (Å²) in [7, 11) is 1.68. The van der Waals surface area contributed by atoms with Gasteiger partial charge in [-0.15, -0.1) is 0 Å². The van der Waals surface area contributed by atoms with Crippen LogP contribution >= 0.6 is 12.2 Å². The zero-order chi connectivity index (χ0) is 13.0. The smallest absolute Gasteiger partial charge is 0.269 e. The lowest BCUT2D eigenvalue weighted by atomic mass is 10.1. The van der Waals surface area contributed by atoms with Gasteiger partial charge in [-0.3, -0.25) is 15.6 Å². The van der Waals surface area contributed by atoms with Gasteiger partial charge in [0.25, 0.3) is 5.91 Å². The van der Waals surface area contributed by atoms with Gasteiger partial charge in [-0.25, -0.2) is 0 Å². The molecule has 2 rings (SSSR count). The van der Waals surface area contributed by atoms with E-state index in [1.54, 1.807) is 13.1 Å². The molecule has 0 saturated heterocycles. The van der Waals surface area contributed by atoms with E-state index in [0.717, 1.165) is 10.8 Å². The number of hydrogen-bond acceptors (Lipinski definition) is 2. The van der Waals surface area contributed by atoms with Gasteiger partial charge in [0, 0.05) is 12.6 Å². The normalized spacial score (nSPS) is 9.83. The summed E-state index contributed by atoms with van der Waals surface area (Å²) in [5, 5.41) is 5.21. The first kappa shape index (κ1) is 12.3. The largest absolute Gasteiger partial charge is 0.364 e. The number of rotatable bonds is 1. The van der Waals surface area contributed by atoms with Crippen LogP contribution in [0.15, 0.2) is 42.5 Å². The van der Waals surface area contributed by atoms with Crippen LogP contribution in [0.3, 0.4) is 0 Å². The summed E-state index contributed by atoms with van der Waals surface area (Å²) in [6.07, 6.45) is 0. The van der Waals surface area contributed by atoms with Gasteiger partial charge in [-0.05, 0) is 35.1 Å². The molecule has 92 valence electrons. The third-order valence-corrected chi connectivity index (χ3v) is 2.83. The predicted molar refractivity (Wildman–Crippen MR) is 76.2 cm³/mol. The molecule has 3 N–H and O–H groups in total. The van der Waals surface area contributed by atoms with Crippen molar-refractivity contribution >= 4 is 34.0 Å². The number of carbonyl (C=O) groups is 1. The van der Waals surface area contributed by atoms with Gasteiger partial charge < -0.3 is 5.32 Å². The van der Waals surface area contributed by atoms with E-state index >= 15 is 0 Å². The van der Waals surface area contributed by atoms with Crippen LogP contribution in [-0.2, 0) is 0 Å². The molecule has 2 aromatic carbocycles. The quantitative estimate of drug-likeness (QED) is 0.537. The van der Waals surface area contributed by atoms with Gasteiger partial charge in [-0.2, -0.15) is 0 Å². The Labute approximate surface area is 110 Å². The fourth-order valence-corrected chi connectivity index (χ4v) is 1.63. The Morgan fingerprint density at radius 1 is 1.06 bits per heavy atom. The molecular formula is C13H13N3OS. The lowest BCUT2D eigenvalue weighted by molar-refractivity contribution is 0.0944. The lowest BCUT2D eigenvalue weighted by Crippen LogP contribution is -2.45. The van der Waals surface area contributed by atoms with E-state index in [1.165, 1.54) is 0 Å². The van der Waals surface area contributed by atoms with Crippen LogP contribution in [0.1, 0.15) is 10.4 Å². The number of benzene rings is 2. The fraction of sp³-hybridized carbons (Fsp3) is 0.0769. The van der Waals surface area contributed by atoms with Gasteiger partial charge in [0.1, 0.15) is 0 Å². The molecule has 1 amide bonds. The summed E-state index contributed by atoms with van der Waals surface area (Å²) in [6.45, 7) is 0. The molecule has 0 aliphatic rings. The van der Waals surface area contributed by atoms with Crippen molar-refractivity contribution in [2.24, 2.45) is 0 Å². The topological polar surface area (TPSA) is 53.2 Å². The lowest BCUT2D eigenvalue weighted by Gasteiger charge is -2.09. The van der Waals surface area contributed by atoms with E-state index in [0.29, 0.717) is 10.7 Å². The third kappa shape index (κ3) is 2.75. The molecule has 0 aromatic heterocycles. The maximum absolute atomic E-state index is 11.8. The second kappa shape index (κ2) is 5.46. The molecule has 0 aliphatic carbocycles. The van der Waals surface area contributed by atoms with E-state index in [1.807, 2.05) is 36.4 Å². The number of fused-ring (bicyclic) bond motifs is 1. The van der Waals surface area contributed by atoms with Crippen LogP contribution in [0.2, 0.25) is 0 Å². The summed E-state index contributed by atoms with van der Waals surface area (Å²) in [5.41, 5.74) is 5.70. The molecule has 0 fully saturated rings. The highest BCUT2D eigenvalue weighted by atomic mass is 32.1. The number of amides is 1. The third-order valence-electron chi connectivity index (χ3n) is 2.53. The summed E-state index contributed by atoms with van der Waals surface area (Å²) < 4.78 is 0. The van der Waals surface area contributed by atoms with Gasteiger partial charge in [-0.1, -0.05) is 30.3 Å². The molecule has 0 aliphatic heterocycles. The van der Waals surface area contributed by atoms with Gasteiger partial charge in [0.05, 0.1) is 0 Å². The maximum Gasteiger partial charge on any atom is 0.269 e. The molecule has 0 unspecified atom stereocenters. The second-order valence-corrected chi connectivity index (χ2v) is 4.13. The zero-order valence-corrected chi connectivity index (χ0v) is 10.7. The molecular weight excluding hydrogens is 246 g/mol. The van der Waals surface area contributed by atoms with Crippen LogP contribution in [0.5, 0.6) is 0 Å². The highest BCUT2D eigenvalue weighted by Crippen LogP contribution is 2.15. The molecule has 0 heterocycles. The summed E-state index contributed by atoms with van der Waals surface area (Å²) >= 11 is 4.86. The molecule has 0 bridgehead atoms. The number of nitrogens with one attached hydrogen (secondary N) is 3. The van der Waals surface area contributed by atoms with Crippen LogP contribution in [0, 0.1) is 0 Å². The van der Waals surface area contributed by atoms with Crippen molar-refractivity contribution in [1.82, 2.24) is 16.2 Å². The monoisotopic (exact) mass is 259 g/mol. The number of thiocarbonyl (C=S) groups is 1. The first-order chi connectivity index (χ1) is 8.70. The van der Waals surface area contributed by atoms with E-state index in [9.17, 15) is 4.79 Å². The van der Waals surface area contributed by atoms with E-state index in [4.69, 9.17) is 12.2 Å². The molecule has 0 saturated carbocycles. The number of hydrogen-bond donors (Lipinski definition) is 3. The fourth-order valence-electron chi connectivity index (χ4n) is 1.58. The molecule has 2 aromatic rings. The first-order valence-electron chi connectivity index (χ1n) is 5.47. The van der Waals surface area contributed by atoms with Crippen molar-refractivity contribution in [2.45, 2.75) is 0 Å². The minimum Gasteiger partial charge on any atom is -0.364 e. The van der Waals surface area contributed by atoms with E-state index < -0.39 is 0 Å². The Morgan fingerprint density at radius 3 is 2.50 bits per heavy atom. The van der Waals surface area contributed by atoms with Crippen LogP contribution < -0.4 is 16.2 Å². The van der Waals surface area contributed by atoms with Crippen molar-refractivity contribution in [2.75, 3.05) is 7.05 Å². The standard InChI is InChI=1S/C13H13N3OS/c1-14-13(18)16-15-12(17)11-7-6-9-4-2-3-5-10(9)8-11/h2-8H,1H3,(H,15,17)(H2,14,16,18). The molecule has 4 nitrogen and oxygen atoms in total. The van der Waals surface area contributed by atoms with Crippen molar-refractivity contribution in [3.05, 3.63) is 48.0 Å². The Bertz CT molecular complexity index is 598. The van der Waals surface area contributed by atoms with E-state index in [-0.39, 0.29) is 5.91 Å². The number of carbonyl (C=O) groups excluding carboxylic acids is 1. The SMILES string of the molecule is CNC(=S)NNC(=O)c1ccc2ccccc2c1. The minimum absolute atomic E-state index is 0.224. The van der Waals surface area contributed by atoms with Crippen molar-refractivity contribution in [3.63, 3.8) is 0 Å². The number of hydrazine groups is 1. The average molecular weight is 259 g/mol. The van der Waals surface area contributed by atoms with Gasteiger partial charge >= 0.3 is 0 Å². The first-order valence-corrected chi connectivity index (χ1v) is 5.88. The van der Waals surface area contributed by atoms with Crippen molar-refractivity contribution < 1.29 is 4.79 Å². The van der Waals surface area contributed by atoms with Crippen LogP contribution in [-0.4, -0.2) is 18.1 Å². The highest BCUT2D eigenvalue weighted by Gasteiger charge is 2.05. The summed E-state index contributed by atoms with van der Waals surface area (Å²) in [5.74, 6) is -0.224. The second-order valence-electron chi connectivity index (χ2n) is 3.72.